The first kappa shape index (κ1) is 36.8. The molecule has 0 saturated carbocycles. The predicted molar refractivity (Wildman–Crippen MR) is 182 cm³/mol. The number of nitrogens with one attached hydrogen (secondary N) is 4. The van der Waals surface area contributed by atoms with E-state index in [4.69, 9.17) is 9.15 Å². The molecule has 3 atom stereocenters. The topological polar surface area (TPSA) is 156 Å². The molecule has 0 spiro atoms. The highest BCUT2D eigenvalue weighted by Crippen LogP contribution is 2.21. The summed E-state index contributed by atoms with van der Waals surface area (Å²) in [6.45, 7) is 13.4. The van der Waals surface area contributed by atoms with Crippen molar-refractivity contribution in [2.24, 2.45) is 17.8 Å². The third-order valence-electron chi connectivity index (χ3n) is 7.43. The van der Waals surface area contributed by atoms with Crippen LogP contribution in [-0.2, 0) is 25.7 Å². The number of carbonyl (C=O) groups excluding carboxylic acids is 4. The molecule has 2 aromatic carbocycles. The molecule has 3 rings (SSSR count). The molecule has 0 radical (unpaired) electrons. The highest BCUT2D eigenvalue weighted by molar-refractivity contribution is 6.00. The van der Waals surface area contributed by atoms with Crippen molar-refractivity contribution in [2.45, 2.75) is 92.5 Å². The number of amides is 4. The first-order valence-electron chi connectivity index (χ1n) is 16.1. The van der Waals surface area contributed by atoms with Crippen LogP contribution in [0.1, 0.15) is 71.9 Å². The SMILES string of the molecule is Cc1cc(=O)oc2cc(NC(=O)C(CC(C)C)NC(=O)C(CC(C)C)NC(=O)C(CC(C)C)NC(=O)OCc3ccccc3)ccc12. The van der Waals surface area contributed by atoms with Gasteiger partial charge in [-0.3, -0.25) is 14.4 Å². The van der Waals surface area contributed by atoms with Crippen LogP contribution in [-0.4, -0.2) is 41.9 Å². The van der Waals surface area contributed by atoms with Crippen LogP contribution >= 0.6 is 0 Å². The Morgan fingerprint density at radius 1 is 0.702 bits per heavy atom. The predicted octanol–water partition coefficient (Wildman–Crippen LogP) is 5.44. The Kier molecular flexibility index (Phi) is 13.5. The molecule has 47 heavy (non-hydrogen) atoms. The van der Waals surface area contributed by atoms with Gasteiger partial charge >= 0.3 is 11.7 Å². The van der Waals surface area contributed by atoms with E-state index in [0.717, 1.165) is 16.5 Å². The minimum atomic E-state index is -0.959. The van der Waals surface area contributed by atoms with Gasteiger partial charge in [-0.05, 0) is 67.2 Å². The summed E-state index contributed by atoms with van der Waals surface area (Å²) in [6.07, 6.45) is 0.235. The quantitative estimate of drug-likeness (QED) is 0.160. The van der Waals surface area contributed by atoms with E-state index in [-0.39, 0.29) is 24.4 Å². The second kappa shape index (κ2) is 17.3. The van der Waals surface area contributed by atoms with E-state index < -0.39 is 47.6 Å². The van der Waals surface area contributed by atoms with Crippen LogP contribution in [0.15, 0.2) is 63.8 Å². The monoisotopic (exact) mass is 648 g/mol. The number of hydrogen-bond donors (Lipinski definition) is 4. The molecule has 0 fully saturated rings. The lowest BCUT2D eigenvalue weighted by Crippen LogP contribution is -2.56. The van der Waals surface area contributed by atoms with Gasteiger partial charge in [0, 0.05) is 23.2 Å². The summed E-state index contributed by atoms with van der Waals surface area (Å²) in [5, 5.41) is 11.9. The van der Waals surface area contributed by atoms with E-state index in [1.807, 2.05) is 71.9 Å². The number of hydrogen-bond acceptors (Lipinski definition) is 7. The highest BCUT2D eigenvalue weighted by Gasteiger charge is 2.31. The summed E-state index contributed by atoms with van der Waals surface area (Å²) in [6, 6.07) is 12.8. The fraction of sp³-hybridized carbons (Fsp3) is 0.472. The van der Waals surface area contributed by atoms with E-state index in [0.29, 0.717) is 30.5 Å². The zero-order valence-corrected chi connectivity index (χ0v) is 28.3. The molecule has 0 saturated heterocycles. The minimum absolute atomic E-state index is 0.0338. The maximum atomic E-state index is 13.7. The molecular weight excluding hydrogens is 600 g/mol. The summed E-state index contributed by atoms with van der Waals surface area (Å²) in [5.41, 5.74) is 1.82. The van der Waals surface area contributed by atoms with Gasteiger partial charge in [-0.2, -0.15) is 0 Å². The van der Waals surface area contributed by atoms with Crippen molar-refractivity contribution in [3.05, 3.63) is 76.1 Å². The lowest BCUT2D eigenvalue weighted by molar-refractivity contribution is -0.132. The Hall–Kier alpha value is -4.67. The van der Waals surface area contributed by atoms with E-state index in [1.54, 1.807) is 25.1 Å². The van der Waals surface area contributed by atoms with Crippen LogP contribution in [0.5, 0.6) is 0 Å². The Balaban J connectivity index is 1.73. The second-order valence-electron chi connectivity index (χ2n) is 13.2. The highest BCUT2D eigenvalue weighted by atomic mass is 16.5. The molecule has 0 bridgehead atoms. The molecule has 1 heterocycles. The van der Waals surface area contributed by atoms with E-state index in [2.05, 4.69) is 21.3 Å². The molecule has 11 heteroatoms. The largest absolute Gasteiger partial charge is 0.445 e. The molecule has 3 unspecified atom stereocenters. The molecule has 4 N–H and O–H groups in total. The average molecular weight is 649 g/mol. The van der Waals surface area contributed by atoms with Crippen molar-refractivity contribution in [1.82, 2.24) is 16.0 Å². The summed E-state index contributed by atoms with van der Waals surface area (Å²) >= 11 is 0. The number of anilines is 1. The van der Waals surface area contributed by atoms with Gasteiger partial charge in [0.2, 0.25) is 17.7 Å². The molecule has 3 aromatic rings. The van der Waals surface area contributed by atoms with E-state index in [9.17, 15) is 24.0 Å². The number of benzene rings is 2. The van der Waals surface area contributed by atoms with Crippen molar-refractivity contribution >= 4 is 40.5 Å². The van der Waals surface area contributed by atoms with Gasteiger partial charge in [0.25, 0.3) is 0 Å². The standard InChI is InChI=1S/C36H48N4O7/c1-21(2)15-28(33(42)37-26-13-14-27-24(7)18-32(41)47-31(27)19-26)38-34(43)29(16-22(3)4)39-35(44)30(17-23(5)6)40-36(45)46-20-25-11-9-8-10-12-25/h8-14,18-19,21-23,28-30H,15-17,20H2,1-7H3,(H,37,42)(H,38,43)(H,39,44)(H,40,45). The van der Waals surface area contributed by atoms with E-state index in [1.165, 1.54) is 6.07 Å². The van der Waals surface area contributed by atoms with Gasteiger partial charge in [0.1, 0.15) is 30.3 Å². The molecule has 1 aromatic heterocycles. The zero-order chi connectivity index (χ0) is 34.7. The van der Waals surface area contributed by atoms with Gasteiger partial charge in [-0.25, -0.2) is 9.59 Å². The number of alkyl carbamates (subject to hydrolysis) is 1. The number of fused-ring (bicyclic) bond motifs is 1. The fourth-order valence-electron chi connectivity index (χ4n) is 5.19. The second-order valence-corrected chi connectivity index (χ2v) is 13.2. The summed E-state index contributed by atoms with van der Waals surface area (Å²) in [7, 11) is 0. The van der Waals surface area contributed by atoms with Gasteiger partial charge < -0.3 is 30.4 Å². The van der Waals surface area contributed by atoms with Crippen molar-refractivity contribution in [3.63, 3.8) is 0 Å². The zero-order valence-electron chi connectivity index (χ0n) is 28.3. The minimum Gasteiger partial charge on any atom is -0.445 e. The lowest BCUT2D eigenvalue weighted by atomic mass is 9.98. The van der Waals surface area contributed by atoms with Crippen LogP contribution in [0.2, 0.25) is 0 Å². The summed E-state index contributed by atoms with van der Waals surface area (Å²) in [4.78, 5) is 65.2. The molecule has 0 aliphatic rings. The normalized spacial score (nSPS) is 13.2. The number of carbonyl (C=O) groups is 4. The lowest BCUT2D eigenvalue weighted by Gasteiger charge is -2.27. The molecule has 11 nitrogen and oxygen atoms in total. The van der Waals surface area contributed by atoms with Crippen LogP contribution in [0.25, 0.3) is 11.0 Å². The maximum Gasteiger partial charge on any atom is 0.408 e. The average Bonchev–Trinajstić information content (AvgIpc) is 2.98. The molecule has 0 aliphatic carbocycles. The van der Waals surface area contributed by atoms with Gasteiger partial charge in [-0.1, -0.05) is 71.9 Å². The van der Waals surface area contributed by atoms with Crippen molar-refractivity contribution in [3.8, 4) is 0 Å². The molecule has 0 aliphatic heterocycles. The van der Waals surface area contributed by atoms with Crippen LogP contribution < -0.4 is 26.9 Å². The van der Waals surface area contributed by atoms with Crippen LogP contribution in [0.3, 0.4) is 0 Å². The third kappa shape index (κ3) is 11.9. The van der Waals surface area contributed by atoms with Gasteiger partial charge in [0.15, 0.2) is 0 Å². The van der Waals surface area contributed by atoms with E-state index >= 15 is 0 Å². The van der Waals surface area contributed by atoms with Gasteiger partial charge in [-0.15, -0.1) is 0 Å². The molecule has 4 amide bonds. The smallest absolute Gasteiger partial charge is 0.408 e. The van der Waals surface area contributed by atoms with Crippen molar-refractivity contribution in [1.29, 1.82) is 0 Å². The summed E-state index contributed by atoms with van der Waals surface area (Å²) < 4.78 is 10.6. The molecular formula is C36H48N4O7. The number of ether oxygens (including phenoxy) is 1. The Morgan fingerprint density at radius 3 is 1.79 bits per heavy atom. The third-order valence-corrected chi connectivity index (χ3v) is 7.43. The first-order chi connectivity index (χ1) is 22.2. The summed E-state index contributed by atoms with van der Waals surface area (Å²) in [5.74, 6) is -1.33. The van der Waals surface area contributed by atoms with Crippen molar-refractivity contribution < 1.29 is 28.3 Å². The van der Waals surface area contributed by atoms with Gasteiger partial charge in [0.05, 0.1) is 0 Å². The fourth-order valence-corrected chi connectivity index (χ4v) is 5.19. The Morgan fingerprint density at radius 2 is 1.23 bits per heavy atom. The Labute approximate surface area is 276 Å². The number of aryl methyl sites for hydroxylation is 1. The van der Waals surface area contributed by atoms with Crippen LogP contribution in [0, 0.1) is 24.7 Å². The Bertz CT molecular complexity index is 1580. The van der Waals surface area contributed by atoms with Crippen LogP contribution in [0.4, 0.5) is 10.5 Å². The molecule has 254 valence electrons. The van der Waals surface area contributed by atoms with Crippen molar-refractivity contribution in [2.75, 3.05) is 5.32 Å². The number of rotatable bonds is 15. The first-order valence-corrected chi connectivity index (χ1v) is 16.1. The maximum absolute atomic E-state index is 13.7.